The van der Waals surface area contributed by atoms with Crippen molar-refractivity contribution >= 4 is 11.7 Å². The predicted octanol–water partition coefficient (Wildman–Crippen LogP) is 0.855. The first-order chi connectivity index (χ1) is 12.1. The van der Waals surface area contributed by atoms with Crippen LogP contribution >= 0.6 is 0 Å². The number of carbonyl (C=O) groups excluding carboxylic acids is 1. The van der Waals surface area contributed by atoms with Crippen LogP contribution in [0.25, 0.3) is 5.82 Å². The molecular formula is C16H20N8O. The van der Waals surface area contributed by atoms with Crippen molar-refractivity contribution < 1.29 is 4.79 Å². The summed E-state index contributed by atoms with van der Waals surface area (Å²) < 4.78 is 3.34. The molecule has 9 nitrogen and oxygen atoms in total. The number of hydrogen-bond acceptors (Lipinski definition) is 6. The van der Waals surface area contributed by atoms with E-state index in [1.807, 2.05) is 39.1 Å². The van der Waals surface area contributed by atoms with E-state index < -0.39 is 0 Å². The Balaban J connectivity index is 1.49. The molecule has 9 heteroatoms. The lowest BCUT2D eigenvalue weighted by Gasteiger charge is -2.08. The van der Waals surface area contributed by atoms with Crippen molar-refractivity contribution in [2.45, 2.75) is 13.8 Å². The second kappa shape index (κ2) is 7.12. The molecular weight excluding hydrogens is 320 g/mol. The Morgan fingerprint density at radius 1 is 1.20 bits per heavy atom. The molecule has 3 aromatic rings. The maximum absolute atomic E-state index is 12.3. The minimum atomic E-state index is -0.120. The molecule has 0 fully saturated rings. The van der Waals surface area contributed by atoms with E-state index in [1.165, 1.54) is 0 Å². The fraction of sp³-hybridized carbons (Fsp3) is 0.312. The highest BCUT2D eigenvalue weighted by molar-refractivity contribution is 5.96. The summed E-state index contributed by atoms with van der Waals surface area (Å²) in [6.07, 6.45) is 3.48. The van der Waals surface area contributed by atoms with Crippen molar-refractivity contribution in [2.24, 2.45) is 7.05 Å². The average Bonchev–Trinajstić information content (AvgIpc) is 3.21. The number of anilines is 1. The average molecular weight is 340 g/mol. The topological polar surface area (TPSA) is 103 Å². The van der Waals surface area contributed by atoms with E-state index in [1.54, 1.807) is 21.8 Å². The zero-order valence-electron chi connectivity index (χ0n) is 14.4. The van der Waals surface area contributed by atoms with Gasteiger partial charge in [0, 0.05) is 38.2 Å². The number of rotatable bonds is 6. The minimum Gasteiger partial charge on any atom is -0.367 e. The summed E-state index contributed by atoms with van der Waals surface area (Å²) in [5, 5.41) is 22.5. The molecule has 0 aromatic carbocycles. The number of aryl methyl sites for hydroxylation is 2. The lowest BCUT2D eigenvalue weighted by atomic mass is 10.2. The van der Waals surface area contributed by atoms with Gasteiger partial charge in [0.15, 0.2) is 5.82 Å². The first-order valence-electron chi connectivity index (χ1n) is 7.92. The summed E-state index contributed by atoms with van der Waals surface area (Å²) in [4.78, 5) is 12.3. The monoisotopic (exact) mass is 340 g/mol. The zero-order valence-corrected chi connectivity index (χ0v) is 14.4. The number of hydrogen-bond donors (Lipinski definition) is 2. The zero-order chi connectivity index (χ0) is 17.8. The van der Waals surface area contributed by atoms with Crippen molar-refractivity contribution in [2.75, 3.05) is 18.4 Å². The maximum atomic E-state index is 12.3. The highest BCUT2D eigenvalue weighted by Gasteiger charge is 2.16. The van der Waals surface area contributed by atoms with Crippen LogP contribution in [0, 0.1) is 13.8 Å². The van der Waals surface area contributed by atoms with Gasteiger partial charge in [-0.25, -0.2) is 4.68 Å². The smallest absolute Gasteiger partial charge is 0.255 e. The molecule has 1 amide bonds. The maximum Gasteiger partial charge on any atom is 0.255 e. The van der Waals surface area contributed by atoms with Gasteiger partial charge in [-0.2, -0.15) is 10.2 Å². The lowest BCUT2D eigenvalue weighted by molar-refractivity contribution is 0.0954. The van der Waals surface area contributed by atoms with Crippen LogP contribution < -0.4 is 10.6 Å². The summed E-state index contributed by atoms with van der Waals surface area (Å²) in [7, 11) is 1.83. The van der Waals surface area contributed by atoms with Crippen LogP contribution in [0.1, 0.15) is 21.7 Å². The first-order valence-corrected chi connectivity index (χ1v) is 7.92. The van der Waals surface area contributed by atoms with Gasteiger partial charge in [0.25, 0.3) is 5.91 Å². The minimum absolute atomic E-state index is 0.120. The van der Waals surface area contributed by atoms with Crippen molar-refractivity contribution in [1.82, 2.24) is 35.1 Å². The van der Waals surface area contributed by atoms with Crippen LogP contribution in [0.2, 0.25) is 0 Å². The molecule has 0 bridgehead atoms. The summed E-state index contributed by atoms with van der Waals surface area (Å²) in [5.41, 5.74) is 2.21. The fourth-order valence-corrected chi connectivity index (χ4v) is 2.50. The van der Waals surface area contributed by atoms with Crippen LogP contribution in [0.15, 0.2) is 30.6 Å². The van der Waals surface area contributed by atoms with Crippen molar-refractivity contribution in [3.63, 3.8) is 0 Å². The van der Waals surface area contributed by atoms with Crippen LogP contribution in [0.5, 0.6) is 0 Å². The quantitative estimate of drug-likeness (QED) is 0.645. The highest BCUT2D eigenvalue weighted by Crippen LogP contribution is 2.11. The van der Waals surface area contributed by atoms with Gasteiger partial charge in [0.05, 0.1) is 11.3 Å². The van der Waals surface area contributed by atoms with Gasteiger partial charge >= 0.3 is 0 Å². The first kappa shape index (κ1) is 16.6. The van der Waals surface area contributed by atoms with E-state index in [9.17, 15) is 4.79 Å². The largest absolute Gasteiger partial charge is 0.367 e. The van der Waals surface area contributed by atoms with Crippen LogP contribution in [-0.4, -0.2) is 48.8 Å². The summed E-state index contributed by atoms with van der Waals surface area (Å²) in [6, 6.07) is 5.47. The molecule has 0 aliphatic heterocycles. The van der Waals surface area contributed by atoms with E-state index in [-0.39, 0.29) is 5.91 Å². The summed E-state index contributed by atoms with van der Waals surface area (Å²) in [6.45, 7) is 4.72. The molecule has 25 heavy (non-hydrogen) atoms. The SMILES string of the molecule is Cc1nn(C)c(C)c1C(=O)NCCNc1ccc(-n2cccn2)nn1. The van der Waals surface area contributed by atoms with Crippen LogP contribution in [0.3, 0.4) is 0 Å². The van der Waals surface area contributed by atoms with Crippen LogP contribution in [0.4, 0.5) is 5.82 Å². The second-order valence-electron chi connectivity index (χ2n) is 5.58. The normalized spacial score (nSPS) is 10.7. The molecule has 3 aromatic heterocycles. The Kier molecular flexibility index (Phi) is 4.73. The Bertz CT molecular complexity index is 851. The van der Waals surface area contributed by atoms with Gasteiger partial charge in [-0.3, -0.25) is 9.48 Å². The molecule has 0 atom stereocenters. The third kappa shape index (κ3) is 3.65. The third-order valence-electron chi connectivity index (χ3n) is 3.84. The molecule has 2 N–H and O–H groups in total. The van der Waals surface area contributed by atoms with Gasteiger partial charge < -0.3 is 10.6 Å². The molecule has 0 spiro atoms. The molecule has 130 valence electrons. The molecule has 0 saturated heterocycles. The number of aromatic nitrogens is 6. The number of carbonyl (C=O) groups is 1. The Morgan fingerprint density at radius 3 is 2.64 bits per heavy atom. The van der Waals surface area contributed by atoms with E-state index >= 15 is 0 Å². The molecule has 0 saturated carbocycles. The van der Waals surface area contributed by atoms with Gasteiger partial charge in [-0.05, 0) is 32.0 Å². The second-order valence-corrected chi connectivity index (χ2v) is 5.58. The highest BCUT2D eigenvalue weighted by atomic mass is 16.1. The molecule has 3 rings (SSSR count). The standard InChI is InChI=1S/C16H20N8O/c1-11-15(12(2)23(3)22-11)16(25)18-9-8-17-13-5-6-14(21-20-13)24-10-4-7-19-24/h4-7,10H,8-9H2,1-3H3,(H,17,20)(H,18,25). The molecule has 0 aliphatic rings. The van der Waals surface area contributed by atoms with E-state index in [2.05, 4.69) is 31.0 Å². The van der Waals surface area contributed by atoms with Gasteiger partial charge in [-0.1, -0.05) is 0 Å². The molecule has 3 heterocycles. The molecule has 0 radical (unpaired) electrons. The summed E-state index contributed by atoms with van der Waals surface area (Å²) in [5.74, 6) is 1.16. The van der Waals surface area contributed by atoms with Crippen molar-refractivity contribution in [1.29, 1.82) is 0 Å². The Morgan fingerprint density at radius 2 is 2.04 bits per heavy atom. The van der Waals surface area contributed by atoms with E-state index in [4.69, 9.17) is 0 Å². The number of nitrogens with one attached hydrogen (secondary N) is 2. The number of amides is 1. The van der Waals surface area contributed by atoms with E-state index in [0.29, 0.717) is 30.3 Å². The fourth-order valence-electron chi connectivity index (χ4n) is 2.50. The predicted molar refractivity (Wildman–Crippen MR) is 92.7 cm³/mol. The van der Waals surface area contributed by atoms with Gasteiger partial charge in [0.2, 0.25) is 0 Å². The van der Waals surface area contributed by atoms with E-state index in [0.717, 1.165) is 11.4 Å². The lowest BCUT2D eigenvalue weighted by Crippen LogP contribution is -2.29. The Hall–Kier alpha value is -3.23. The molecule has 0 aliphatic carbocycles. The van der Waals surface area contributed by atoms with Gasteiger partial charge in [-0.15, -0.1) is 10.2 Å². The van der Waals surface area contributed by atoms with Crippen molar-refractivity contribution in [3.8, 4) is 5.82 Å². The van der Waals surface area contributed by atoms with Crippen LogP contribution in [-0.2, 0) is 7.05 Å². The summed E-state index contributed by atoms with van der Waals surface area (Å²) >= 11 is 0. The third-order valence-corrected chi connectivity index (χ3v) is 3.84. The molecule has 0 unspecified atom stereocenters. The Labute approximate surface area is 145 Å². The van der Waals surface area contributed by atoms with Gasteiger partial charge in [0.1, 0.15) is 5.82 Å². The number of nitrogens with zero attached hydrogens (tertiary/aromatic N) is 6. The van der Waals surface area contributed by atoms with Crippen molar-refractivity contribution in [3.05, 3.63) is 47.5 Å².